The zero-order chi connectivity index (χ0) is 6.69. The molecule has 0 aliphatic rings. The number of rotatable bonds is 1. The smallest absolute Gasteiger partial charge is 0.218 e. The highest BCUT2D eigenvalue weighted by atomic mass is 31.1. The first-order valence-electron chi connectivity index (χ1n) is 2.59. The molecule has 0 radical (unpaired) electrons. The van der Waals surface area contributed by atoms with E-state index < -0.39 is 8.03 Å². The fraction of sp³-hybridized carbons (Fsp3) is 0. The highest BCUT2D eigenvalue weighted by Gasteiger charge is 1.92. The van der Waals surface area contributed by atoms with Crippen molar-refractivity contribution in [3.05, 3.63) is 30.3 Å². The van der Waals surface area contributed by atoms with Gasteiger partial charge in [0, 0.05) is 5.30 Å². The molecule has 2 nitrogen and oxygen atoms in total. The molecular formula is C6H11O2PSi. The van der Waals surface area contributed by atoms with E-state index in [0.717, 1.165) is 0 Å². The van der Waals surface area contributed by atoms with Crippen LogP contribution in [-0.4, -0.2) is 15.9 Å². The van der Waals surface area contributed by atoms with E-state index in [1.54, 1.807) is 24.3 Å². The van der Waals surface area contributed by atoms with Crippen molar-refractivity contribution in [3.8, 4) is 0 Å². The summed E-state index contributed by atoms with van der Waals surface area (Å²) in [5.41, 5.74) is 0. The molecule has 1 N–H and O–H groups in total. The second-order valence-corrected chi connectivity index (χ2v) is 2.86. The molecule has 56 valence electrons. The lowest BCUT2D eigenvalue weighted by Gasteiger charge is -1.90. The minimum absolute atomic E-state index is 0. The third kappa shape index (κ3) is 2.48. The van der Waals surface area contributed by atoms with E-state index in [1.807, 2.05) is 6.07 Å². The number of benzene rings is 1. The van der Waals surface area contributed by atoms with Gasteiger partial charge < -0.3 is 4.89 Å². The molecule has 0 saturated heterocycles. The molecule has 0 heterocycles. The van der Waals surface area contributed by atoms with Gasteiger partial charge in [-0.05, 0) is 23.1 Å². The Morgan fingerprint density at radius 3 is 2.00 bits per heavy atom. The summed E-state index contributed by atoms with van der Waals surface area (Å²) < 4.78 is 10.4. The van der Waals surface area contributed by atoms with Gasteiger partial charge in [0.25, 0.3) is 0 Å². The average molecular weight is 174 g/mol. The Kier molecular flexibility index (Phi) is 4.28. The highest BCUT2D eigenvalue weighted by molar-refractivity contribution is 7.47. The summed E-state index contributed by atoms with van der Waals surface area (Å²) in [5, 5.41) is 0.516. The van der Waals surface area contributed by atoms with Gasteiger partial charge in [0.05, 0.1) is 0 Å². The Bertz CT molecular complexity index is 212. The van der Waals surface area contributed by atoms with Crippen molar-refractivity contribution in [2.45, 2.75) is 0 Å². The first-order chi connectivity index (χ1) is 4.30. The molecule has 0 aliphatic carbocycles. The molecule has 1 rings (SSSR count). The Hall–Kier alpha value is -0.373. The van der Waals surface area contributed by atoms with Crippen LogP contribution in [0.1, 0.15) is 0 Å². The Morgan fingerprint density at radius 2 is 1.70 bits per heavy atom. The number of hydrogen-bond acceptors (Lipinski definition) is 1. The fourth-order valence-corrected chi connectivity index (χ4v) is 1.06. The summed E-state index contributed by atoms with van der Waals surface area (Å²) in [6, 6.07) is 8.58. The maximum absolute atomic E-state index is 10.4. The third-order valence-electron chi connectivity index (χ3n) is 1.02. The highest BCUT2D eigenvalue weighted by Crippen LogP contribution is 2.10. The van der Waals surface area contributed by atoms with Crippen LogP contribution in [0.5, 0.6) is 0 Å². The molecule has 0 aliphatic heterocycles. The van der Waals surface area contributed by atoms with Crippen LogP contribution < -0.4 is 5.30 Å². The molecule has 1 atom stereocenters. The topological polar surface area (TPSA) is 37.3 Å². The van der Waals surface area contributed by atoms with Crippen molar-refractivity contribution in [2.75, 3.05) is 0 Å². The summed E-state index contributed by atoms with van der Waals surface area (Å²) in [4.78, 5) is 8.57. The zero-order valence-electron chi connectivity index (χ0n) is 4.74. The van der Waals surface area contributed by atoms with Crippen molar-refractivity contribution in [3.63, 3.8) is 0 Å². The Morgan fingerprint density at radius 1 is 1.20 bits per heavy atom. The molecular weight excluding hydrogens is 163 g/mol. The van der Waals surface area contributed by atoms with Gasteiger partial charge >= 0.3 is 0 Å². The van der Waals surface area contributed by atoms with E-state index in [2.05, 4.69) is 0 Å². The molecule has 0 saturated carbocycles. The van der Waals surface area contributed by atoms with Crippen molar-refractivity contribution in [1.29, 1.82) is 0 Å². The van der Waals surface area contributed by atoms with Crippen LogP contribution in [0.25, 0.3) is 0 Å². The summed E-state index contributed by atoms with van der Waals surface area (Å²) in [6.45, 7) is 0. The van der Waals surface area contributed by atoms with E-state index in [0.29, 0.717) is 5.30 Å². The lowest BCUT2D eigenvalue weighted by atomic mass is 10.4. The fourth-order valence-electron chi connectivity index (χ4n) is 0.581. The maximum Gasteiger partial charge on any atom is 0.218 e. The van der Waals surface area contributed by atoms with Crippen LogP contribution in [0, 0.1) is 0 Å². The van der Waals surface area contributed by atoms with Crippen LogP contribution in [0.4, 0.5) is 0 Å². The standard InChI is InChI=1S/C6H7O2P.H4Si/c7-9(8)6-4-2-1-3-5-6;/h1-5,9H,(H,7,8);1H4. The molecule has 0 aromatic heterocycles. The normalized spacial score (nSPS) is 11.7. The summed E-state index contributed by atoms with van der Waals surface area (Å²) in [5.74, 6) is 0. The average Bonchev–Trinajstić information content (AvgIpc) is 1.90. The second-order valence-electron chi connectivity index (χ2n) is 1.67. The first kappa shape index (κ1) is 9.63. The monoisotopic (exact) mass is 174 g/mol. The van der Waals surface area contributed by atoms with Gasteiger partial charge in [-0.25, -0.2) is 0 Å². The van der Waals surface area contributed by atoms with Gasteiger partial charge in [-0.15, -0.1) is 0 Å². The SMILES string of the molecule is O=[PH](O)c1ccccc1.[SiH4]. The lowest BCUT2D eigenvalue weighted by molar-refractivity contribution is 0.513. The second kappa shape index (κ2) is 4.44. The van der Waals surface area contributed by atoms with Crippen LogP contribution >= 0.6 is 8.03 Å². The van der Waals surface area contributed by atoms with Crippen molar-refractivity contribution < 1.29 is 9.46 Å². The van der Waals surface area contributed by atoms with Crippen LogP contribution in [-0.2, 0) is 4.57 Å². The Balaban J connectivity index is 0.000000810. The third-order valence-corrected chi connectivity index (χ3v) is 1.85. The van der Waals surface area contributed by atoms with E-state index in [9.17, 15) is 4.57 Å². The molecule has 0 spiro atoms. The van der Waals surface area contributed by atoms with Gasteiger partial charge in [0.1, 0.15) is 0 Å². The molecule has 1 unspecified atom stereocenters. The molecule has 0 amide bonds. The Labute approximate surface area is 64.8 Å². The molecule has 0 fully saturated rings. The predicted octanol–water partition coefficient (Wildman–Crippen LogP) is -0.673. The van der Waals surface area contributed by atoms with E-state index in [4.69, 9.17) is 4.89 Å². The maximum atomic E-state index is 10.4. The molecule has 0 bridgehead atoms. The van der Waals surface area contributed by atoms with E-state index >= 15 is 0 Å². The molecule has 4 heteroatoms. The largest absolute Gasteiger partial charge is 0.343 e. The van der Waals surface area contributed by atoms with Crippen molar-refractivity contribution in [2.24, 2.45) is 0 Å². The summed E-state index contributed by atoms with van der Waals surface area (Å²) in [7, 11) is -2.46. The van der Waals surface area contributed by atoms with Crippen LogP contribution in [0.15, 0.2) is 30.3 Å². The lowest BCUT2D eigenvalue weighted by Crippen LogP contribution is -1.91. The predicted molar refractivity (Wildman–Crippen MR) is 48.6 cm³/mol. The van der Waals surface area contributed by atoms with Crippen molar-refractivity contribution in [1.82, 2.24) is 0 Å². The van der Waals surface area contributed by atoms with E-state index in [1.165, 1.54) is 0 Å². The number of hydrogen-bond donors (Lipinski definition) is 1. The van der Waals surface area contributed by atoms with Gasteiger partial charge in [0.2, 0.25) is 8.03 Å². The van der Waals surface area contributed by atoms with Gasteiger partial charge in [-0.2, -0.15) is 0 Å². The van der Waals surface area contributed by atoms with E-state index in [-0.39, 0.29) is 11.0 Å². The van der Waals surface area contributed by atoms with Crippen molar-refractivity contribution >= 4 is 24.3 Å². The molecule has 10 heavy (non-hydrogen) atoms. The summed E-state index contributed by atoms with van der Waals surface area (Å²) >= 11 is 0. The van der Waals surface area contributed by atoms with Crippen LogP contribution in [0.2, 0.25) is 0 Å². The van der Waals surface area contributed by atoms with Crippen LogP contribution in [0.3, 0.4) is 0 Å². The minimum Gasteiger partial charge on any atom is -0.343 e. The van der Waals surface area contributed by atoms with Gasteiger partial charge in [-0.1, -0.05) is 18.2 Å². The van der Waals surface area contributed by atoms with Gasteiger partial charge in [0.15, 0.2) is 0 Å². The quantitative estimate of drug-likeness (QED) is 0.453. The molecule has 1 aromatic carbocycles. The summed E-state index contributed by atoms with van der Waals surface area (Å²) in [6.07, 6.45) is 0. The van der Waals surface area contributed by atoms with Gasteiger partial charge in [-0.3, -0.25) is 4.57 Å². The zero-order valence-corrected chi connectivity index (χ0v) is 5.74. The molecule has 1 aromatic rings. The minimum atomic E-state index is -2.46. The first-order valence-corrected chi connectivity index (χ1v) is 3.94.